The van der Waals surface area contributed by atoms with E-state index in [1.807, 2.05) is 31.2 Å². The van der Waals surface area contributed by atoms with Crippen LogP contribution in [0.2, 0.25) is 0 Å². The lowest BCUT2D eigenvalue weighted by Gasteiger charge is -2.12. The summed E-state index contributed by atoms with van der Waals surface area (Å²) in [4.78, 5) is 0. The number of aryl methyl sites for hydroxylation is 1. The molecule has 2 aromatic rings. The van der Waals surface area contributed by atoms with Crippen LogP contribution in [0.1, 0.15) is 11.1 Å². The molecule has 4 heteroatoms. The van der Waals surface area contributed by atoms with Crippen LogP contribution < -0.4 is 4.74 Å². The first-order valence-corrected chi connectivity index (χ1v) is 7.30. The van der Waals surface area contributed by atoms with Crippen molar-refractivity contribution in [1.29, 1.82) is 0 Å². The zero-order valence-electron chi connectivity index (χ0n) is 9.71. The van der Waals surface area contributed by atoms with Crippen molar-refractivity contribution < 1.29 is 9.13 Å². The molecule has 0 fully saturated rings. The third kappa shape index (κ3) is 2.93. The minimum absolute atomic E-state index is 0.263. The molecule has 0 atom stereocenters. The summed E-state index contributed by atoms with van der Waals surface area (Å²) in [5.41, 5.74) is 1.89. The van der Waals surface area contributed by atoms with Gasteiger partial charge in [0.05, 0.1) is 4.47 Å². The van der Waals surface area contributed by atoms with E-state index in [1.54, 1.807) is 6.07 Å². The Bertz CT molecular complexity index is 570. The average molecular weight is 374 g/mol. The first-order chi connectivity index (χ1) is 8.61. The number of alkyl halides is 1. The molecule has 2 aromatic carbocycles. The minimum Gasteiger partial charge on any atom is -0.453 e. The van der Waals surface area contributed by atoms with Gasteiger partial charge in [0, 0.05) is 10.9 Å². The highest BCUT2D eigenvalue weighted by molar-refractivity contribution is 9.10. The Kier molecular flexibility index (Phi) is 4.40. The molecule has 0 unspecified atom stereocenters. The molecule has 0 bridgehead atoms. The molecular weight excluding hydrogens is 363 g/mol. The molecule has 0 saturated carbocycles. The molecule has 0 amide bonds. The third-order valence-corrected chi connectivity index (χ3v) is 3.72. The zero-order chi connectivity index (χ0) is 13.1. The average Bonchev–Trinajstić information content (AvgIpc) is 2.34. The van der Waals surface area contributed by atoms with Crippen LogP contribution in [0.4, 0.5) is 4.39 Å². The van der Waals surface area contributed by atoms with Gasteiger partial charge in [0.1, 0.15) is 5.75 Å². The first-order valence-electron chi connectivity index (χ1n) is 5.39. The van der Waals surface area contributed by atoms with Gasteiger partial charge in [-0.15, -0.1) is 0 Å². The Balaban J connectivity index is 2.39. The summed E-state index contributed by atoms with van der Waals surface area (Å²) in [5, 5.41) is 0.545. The molecule has 0 heterocycles. The smallest absolute Gasteiger partial charge is 0.167 e. The summed E-state index contributed by atoms with van der Waals surface area (Å²) in [7, 11) is 0. The molecule has 0 saturated heterocycles. The molecule has 0 aliphatic carbocycles. The largest absolute Gasteiger partial charge is 0.453 e. The lowest BCUT2D eigenvalue weighted by Crippen LogP contribution is -1.94. The highest BCUT2D eigenvalue weighted by atomic mass is 79.9. The van der Waals surface area contributed by atoms with E-state index in [9.17, 15) is 4.39 Å². The van der Waals surface area contributed by atoms with Crippen molar-refractivity contribution in [3.8, 4) is 11.5 Å². The lowest BCUT2D eigenvalue weighted by molar-refractivity contribution is 0.436. The van der Waals surface area contributed by atoms with Gasteiger partial charge < -0.3 is 4.74 Å². The van der Waals surface area contributed by atoms with Crippen molar-refractivity contribution in [3.63, 3.8) is 0 Å². The van der Waals surface area contributed by atoms with Crippen molar-refractivity contribution in [2.24, 2.45) is 0 Å². The molecule has 0 aliphatic heterocycles. The van der Waals surface area contributed by atoms with Crippen molar-refractivity contribution in [1.82, 2.24) is 0 Å². The normalized spacial score (nSPS) is 10.4. The lowest BCUT2D eigenvalue weighted by atomic mass is 10.2. The van der Waals surface area contributed by atoms with E-state index in [0.717, 1.165) is 15.6 Å². The molecule has 0 N–H and O–H groups in total. The van der Waals surface area contributed by atoms with E-state index in [0.29, 0.717) is 11.1 Å². The number of halogens is 3. The van der Waals surface area contributed by atoms with E-state index < -0.39 is 0 Å². The van der Waals surface area contributed by atoms with Crippen molar-refractivity contribution >= 4 is 31.9 Å². The molecule has 0 radical (unpaired) electrons. The SMILES string of the molecule is Cc1ccc(Oc2c(F)cccc2CBr)c(Br)c1. The van der Waals surface area contributed by atoms with Gasteiger partial charge in [0.25, 0.3) is 0 Å². The fourth-order valence-electron chi connectivity index (χ4n) is 1.57. The Morgan fingerprint density at radius 2 is 2.00 bits per heavy atom. The predicted molar refractivity (Wildman–Crippen MR) is 78.0 cm³/mol. The van der Waals surface area contributed by atoms with E-state index in [1.165, 1.54) is 6.07 Å². The summed E-state index contributed by atoms with van der Waals surface area (Å²) >= 11 is 6.74. The Morgan fingerprint density at radius 3 is 2.67 bits per heavy atom. The number of hydrogen-bond donors (Lipinski definition) is 0. The molecule has 0 aliphatic rings. The van der Waals surface area contributed by atoms with Gasteiger partial charge in [-0.2, -0.15) is 0 Å². The maximum Gasteiger partial charge on any atom is 0.167 e. The number of para-hydroxylation sites is 1. The quantitative estimate of drug-likeness (QED) is 0.637. The maximum atomic E-state index is 13.8. The van der Waals surface area contributed by atoms with Gasteiger partial charge in [-0.05, 0) is 46.6 Å². The summed E-state index contributed by atoms with van der Waals surface area (Å²) in [5.74, 6) is 0.506. The van der Waals surface area contributed by atoms with Gasteiger partial charge in [0.15, 0.2) is 11.6 Å². The fraction of sp³-hybridized carbons (Fsp3) is 0.143. The summed E-state index contributed by atoms with van der Waals surface area (Å²) in [6, 6.07) is 10.6. The van der Waals surface area contributed by atoms with Gasteiger partial charge in [-0.1, -0.05) is 34.1 Å². The number of hydrogen-bond acceptors (Lipinski definition) is 1. The van der Waals surface area contributed by atoms with Crippen LogP contribution in [0, 0.1) is 12.7 Å². The molecule has 0 spiro atoms. The number of rotatable bonds is 3. The molecule has 0 aromatic heterocycles. The van der Waals surface area contributed by atoms with Crippen molar-refractivity contribution in [3.05, 3.63) is 57.8 Å². The second-order valence-corrected chi connectivity index (χ2v) is 5.31. The maximum absolute atomic E-state index is 13.8. The van der Waals surface area contributed by atoms with Crippen LogP contribution in [0.3, 0.4) is 0 Å². The first kappa shape index (κ1) is 13.6. The molecule has 2 rings (SSSR count). The van der Waals surface area contributed by atoms with Gasteiger partial charge in [-0.3, -0.25) is 0 Å². The van der Waals surface area contributed by atoms with Crippen LogP contribution in [0.25, 0.3) is 0 Å². The topological polar surface area (TPSA) is 9.23 Å². The van der Waals surface area contributed by atoms with E-state index in [2.05, 4.69) is 31.9 Å². The minimum atomic E-state index is -0.362. The highest BCUT2D eigenvalue weighted by Gasteiger charge is 2.11. The Morgan fingerprint density at radius 1 is 1.22 bits per heavy atom. The molecule has 1 nitrogen and oxygen atoms in total. The summed E-state index contributed by atoms with van der Waals surface area (Å²) < 4.78 is 20.2. The second kappa shape index (κ2) is 5.85. The number of benzene rings is 2. The zero-order valence-corrected chi connectivity index (χ0v) is 12.9. The summed E-state index contributed by atoms with van der Waals surface area (Å²) in [6.45, 7) is 1.99. The van der Waals surface area contributed by atoms with Crippen LogP contribution in [-0.2, 0) is 5.33 Å². The molecule has 18 heavy (non-hydrogen) atoms. The van der Waals surface area contributed by atoms with Gasteiger partial charge >= 0.3 is 0 Å². The molecular formula is C14H11Br2FO. The highest BCUT2D eigenvalue weighted by Crippen LogP contribution is 2.34. The third-order valence-electron chi connectivity index (χ3n) is 2.49. The van der Waals surface area contributed by atoms with E-state index in [4.69, 9.17) is 4.74 Å². The number of ether oxygens (including phenoxy) is 1. The predicted octanol–water partition coefficient (Wildman–Crippen LogP) is 5.58. The summed E-state index contributed by atoms with van der Waals surface area (Å²) in [6.07, 6.45) is 0. The van der Waals surface area contributed by atoms with E-state index >= 15 is 0 Å². The van der Waals surface area contributed by atoms with E-state index in [-0.39, 0.29) is 11.6 Å². The standard InChI is InChI=1S/C14H11Br2FO/c1-9-5-6-13(11(16)7-9)18-14-10(8-15)3-2-4-12(14)17/h2-7H,8H2,1H3. The van der Waals surface area contributed by atoms with Crippen LogP contribution >= 0.6 is 31.9 Å². The van der Waals surface area contributed by atoms with Crippen molar-refractivity contribution in [2.75, 3.05) is 0 Å². The second-order valence-electron chi connectivity index (χ2n) is 3.90. The van der Waals surface area contributed by atoms with Crippen LogP contribution in [0.5, 0.6) is 11.5 Å². The van der Waals surface area contributed by atoms with Gasteiger partial charge in [-0.25, -0.2) is 4.39 Å². The van der Waals surface area contributed by atoms with Crippen LogP contribution in [0.15, 0.2) is 40.9 Å². The monoisotopic (exact) mass is 372 g/mol. The Hall–Kier alpha value is -0.870. The molecule has 94 valence electrons. The fourth-order valence-corrected chi connectivity index (χ4v) is 2.59. The van der Waals surface area contributed by atoms with Crippen LogP contribution in [-0.4, -0.2) is 0 Å². The Labute approximate surface area is 122 Å². The van der Waals surface area contributed by atoms with Gasteiger partial charge in [0.2, 0.25) is 0 Å². The van der Waals surface area contributed by atoms with Crippen molar-refractivity contribution in [2.45, 2.75) is 12.3 Å².